The van der Waals surface area contributed by atoms with Crippen LogP contribution in [-0.2, 0) is 22.9 Å². The largest absolute Gasteiger partial charge is 0.464 e. The predicted octanol–water partition coefficient (Wildman–Crippen LogP) is 6.41. The molecule has 8 heteroatoms. The van der Waals surface area contributed by atoms with E-state index in [1.54, 1.807) is 12.1 Å². The van der Waals surface area contributed by atoms with Crippen molar-refractivity contribution < 1.29 is 18.3 Å². The Morgan fingerprint density at radius 3 is 2.18 bits per heavy atom. The van der Waals surface area contributed by atoms with Gasteiger partial charge in [0.25, 0.3) is 10.0 Å². The van der Waals surface area contributed by atoms with Crippen molar-refractivity contribution in [3.05, 3.63) is 101 Å². The van der Waals surface area contributed by atoms with E-state index in [2.05, 4.69) is 19.1 Å². The highest BCUT2D eigenvalue weighted by atomic mass is 32.2. The van der Waals surface area contributed by atoms with Gasteiger partial charge in [0.1, 0.15) is 0 Å². The van der Waals surface area contributed by atoms with Crippen molar-refractivity contribution in [2.75, 3.05) is 6.54 Å². The Balaban J connectivity index is 1.57. The molecule has 0 radical (unpaired) electrons. The highest BCUT2D eigenvalue weighted by Gasteiger charge is 2.28. The van der Waals surface area contributed by atoms with Crippen molar-refractivity contribution in [3.8, 4) is 16.8 Å². The average molecular weight is 532 g/mol. The van der Waals surface area contributed by atoms with Crippen molar-refractivity contribution in [3.63, 3.8) is 0 Å². The minimum absolute atomic E-state index is 0.0382. The van der Waals surface area contributed by atoms with E-state index in [1.165, 1.54) is 12.1 Å². The molecular weight excluding hydrogens is 498 g/mol. The van der Waals surface area contributed by atoms with Gasteiger partial charge < -0.3 is 5.11 Å². The van der Waals surface area contributed by atoms with Crippen molar-refractivity contribution in [1.82, 2.24) is 14.1 Å². The molecule has 0 aliphatic rings. The first kappa shape index (κ1) is 27.1. The molecule has 0 spiro atoms. The van der Waals surface area contributed by atoms with Crippen molar-refractivity contribution in [2.45, 2.75) is 51.3 Å². The second-order valence-electron chi connectivity index (χ2n) is 9.38. The van der Waals surface area contributed by atoms with E-state index < -0.39 is 16.1 Å². The lowest BCUT2D eigenvalue weighted by Gasteiger charge is -2.19. The Kier molecular flexibility index (Phi) is 8.32. The summed E-state index contributed by atoms with van der Waals surface area (Å²) in [5.74, 6) is 0. The van der Waals surface area contributed by atoms with Gasteiger partial charge in [-0.2, -0.15) is 5.10 Å². The zero-order valence-corrected chi connectivity index (χ0v) is 22.8. The normalized spacial score (nSPS) is 11.4. The van der Waals surface area contributed by atoms with Crippen LogP contribution in [0.5, 0.6) is 0 Å². The molecule has 1 heterocycles. The zero-order chi connectivity index (χ0) is 27.3. The molecule has 4 rings (SSSR count). The van der Waals surface area contributed by atoms with Crippen LogP contribution in [0.3, 0.4) is 0 Å². The molecule has 3 aromatic carbocycles. The van der Waals surface area contributed by atoms with Gasteiger partial charge in [0, 0.05) is 12.1 Å². The topological polar surface area (TPSA) is 92.5 Å². The third kappa shape index (κ3) is 5.81. The molecule has 0 atom stereocenters. The number of aromatic nitrogens is 2. The van der Waals surface area contributed by atoms with E-state index in [-0.39, 0.29) is 17.9 Å². The first-order valence-corrected chi connectivity index (χ1v) is 14.2. The van der Waals surface area contributed by atoms with Crippen LogP contribution < -0.4 is 0 Å². The van der Waals surface area contributed by atoms with Crippen molar-refractivity contribution in [2.24, 2.45) is 0 Å². The van der Waals surface area contributed by atoms with Crippen LogP contribution in [0.15, 0.2) is 83.8 Å². The number of carboxylic acid groups (broad SMARTS) is 1. The SMILES string of the molecule is CCCCc1c(-c2ccccc2)c(C)nn1-c1ccc(CCN(C(=O)O)S(=O)(=O)c2ccc(C)cc2)cc1. The summed E-state index contributed by atoms with van der Waals surface area (Å²) in [5.41, 5.74) is 7.05. The molecule has 1 aromatic heterocycles. The summed E-state index contributed by atoms with van der Waals surface area (Å²) < 4.78 is 28.4. The smallest absolute Gasteiger partial charge is 0.421 e. The number of rotatable bonds is 10. The summed E-state index contributed by atoms with van der Waals surface area (Å²) in [6, 6.07) is 24.1. The van der Waals surface area contributed by atoms with Crippen LogP contribution in [0.25, 0.3) is 16.8 Å². The minimum Gasteiger partial charge on any atom is -0.464 e. The standard InChI is InChI=1S/C30H33N3O4S/c1-4-5-11-28-29(25-9-7-6-8-10-25)23(3)31-33(28)26-16-14-24(15-17-26)20-21-32(30(34)35)38(36,37)27-18-12-22(2)13-19-27/h6-10,12-19H,4-5,11,20-21H2,1-3H3,(H,34,35). The Hall–Kier alpha value is -3.91. The van der Waals surface area contributed by atoms with E-state index in [4.69, 9.17) is 5.10 Å². The highest BCUT2D eigenvalue weighted by molar-refractivity contribution is 7.89. The van der Waals surface area contributed by atoms with Crippen LogP contribution >= 0.6 is 0 Å². The predicted molar refractivity (Wildman–Crippen MR) is 149 cm³/mol. The number of hydrogen-bond donors (Lipinski definition) is 1. The van der Waals surface area contributed by atoms with Gasteiger partial charge in [0.2, 0.25) is 0 Å². The molecule has 38 heavy (non-hydrogen) atoms. The molecule has 0 saturated carbocycles. The third-order valence-electron chi connectivity index (χ3n) is 6.59. The summed E-state index contributed by atoms with van der Waals surface area (Å²) in [6.07, 6.45) is 1.77. The first-order valence-electron chi connectivity index (χ1n) is 12.8. The Morgan fingerprint density at radius 2 is 1.58 bits per heavy atom. The third-order valence-corrected chi connectivity index (χ3v) is 8.38. The fourth-order valence-electron chi connectivity index (χ4n) is 4.53. The lowest BCUT2D eigenvalue weighted by molar-refractivity contribution is 0.172. The molecule has 0 unspecified atom stereocenters. The van der Waals surface area contributed by atoms with Crippen LogP contribution in [0.1, 0.15) is 42.3 Å². The molecule has 0 fully saturated rings. The molecular formula is C30H33N3O4S. The molecule has 0 aliphatic heterocycles. The number of amides is 1. The van der Waals surface area contributed by atoms with Gasteiger partial charge >= 0.3 is 6.09 Å². The van der Waals surface area contributed by atoms with Crippen LogP contribution in [0, 0.1) is 13.8 Å². The molecule has 0 bridgehead atoms. The van der Waals surface area contributed by atoms with Gasteiger partial charge in [0.05, 0.1) is 22.0 Å². The fraction of sp³-hybridized carbons (Fsp3) is 0.267. The molecule has 0 saturated heterocycles. The highest BCUT2D eigenvalue weighted by Crippen LogP contribution is 2.30. The monoisotopic (exact) mass is 531 g/mol. The van der Waals surface area contributed by atoms with Gasteiger partial charge in [-0.25, -0.2) is 22.2 Å². The zero-order valence-electron chi connectivity index (χ0n) is 22.0. The van der Waals surface area contributed by atoms with Crippen LogP contribution in [-0.4, -0.2) is 40.2 Å². The summed E-state index contributed by atoms with van der Waals surface area (Å²) in [4.78, 5) is 11.8. The second-order valence-corrected chi connectivity index (χ2v) is 11.2. The lowest BCUT2D eigenvalue weighted by atomic mass is 10.0. The Labute approximate surface area is 224 Å². The average Bonchev–Trinajstić information content (AvgIpc) is 3.24. The number of nitrogens with zero attached hydrogens (tertiary/aromatic N) is 3. The van der Waals surface area contributed by atoms with E-state index in [0.29, 0.717) is 4.31 Å². The number of aryl methyl sites for hydroxylation is 2. The maximum Gasteiger partial charge on any atom is 0.421 e. The Bertz CT molecular complexity index is 1490. The number of sulfonamides is 1. The Morgan fingerprint density at radius 1 is 0.921 bits per heavy atom. The number of benzene rings is 3. The summed E-state index contributed by atoms with van der Waals surface area (Å²) in [7, 11) is -4.16. The molecule has 0 aliphatic carbocycles. The van der Waals surface area contributed by atoms with Gasteiger partial charge in [-0.05, 0) is 68.5 Å². The molecule has 198 valence electrons. The lowest BCUT2D eigenvalue weighted by Crippen LogP contribution is -2.37. The van der Waals surface area contributed by atoms with Gasteiger partial charge in [-0.15, -0.1) is 0 Å². The number of hydrogen-bond acceptors (Lipinski definition) is 4. The van der Waals surface area contributed by atoms with Gasteiger partial charge in [-0.1, -0.05) is 73.5 Å². The quantitative estimate of drug-likeness (QED) is 0.255. The van der Waals surface area contributed by atoms with Gasteiger partial charge in [0.15, 0.2) is 0 Å². The summed E-state index contributed by atoms with van der Waals surface area (Å²) >= 11 is 0. The van der Waals surface area contributed by atoms with E-state index in [1.807, 2.05) is 61.0 Å². The number of carbonyl (C=O) groups is 1. The first-order chi connectivity index (χ1) is 18.2. The van der Waals surface area contributed by atoms with Gasteiger partial charge in [-0.3, -0.25) is 0 Å². The summed E-state index contributed by atoms with van der Waals surface area (Å²) in [6.45, 7) is 5.86. The molecule has 4 aromatic rings. The minimum atomic E-state index is -4.16. The maximum atomic E-state index is 13.0. The molecule has 7 nitrogen and oxygen atoms in total. The maximum absolute atomic E-state index is 13.0. The van der Waals surface area contributed by atoms with Crippen LogP contribution in [0.2, 0.25) is 0 Å². The fourth-order valence-corrected chi connectivity index (χ4v) is 5.81. The number of unbranched alkanes of at least 4 members (excludes halogenated alkanes) is 1. The van der Waals surface area contributed by atoms with E-state index in [9.17, 15) is 18.3 Å². The van der Waals surface area contributed by atoms with Crippen molar-refractivity contribution in [1.29, 1.82) is 0 Å². The van der Waals surface area contributed by atoms with Crippen molar-refractivity contribution >= 4 is 16.1 Å². The van der Waals surface area contributed by atoms with Crippen LogP contribution in [0.4, 0.5) is 4.79 Å². The van der Waals surface area contributed by atoms with E-state index in [0.717, 1.165) is 58.6 Å². The molecule has 1 N–H and O–H groups in total. The van der Waals surface area contributed by atoms with E-state index >= 15 is 0 Å². The second kappa shape index (κ2) is 11.6. The summed E-state index contributed by atoms with van der Waals surface area (Å²) in [5, 5.41) is 14.5. The molecule has 1 amide bonds.